The van der Waals surface area contributed by atoms with Crippen molar-refractivity contribution in [3.8, 4) is 0 Å². The average molecular weight is 331 g/mol. The number of anilines is 1. The topological polar surface area (TPSA) is 54.3 Å². The molecule has 0 bridgehead atoms. The molecule has 1 fully saturated rings. The Morgan fingerprint density at radius 1 is 1.22 bits per heavy atom. The van der Waals surface area contributed by atoms with E-state index in [1.807, 2.05) is 23.6 Å². The van der Waals surface area contributed by atoms with Crippen molar-refractivity contribution in [2.45, 2.75) is 26.3 Å². The summed E-state index contributed by atoms with van der Waals surface area (Å²) >= 11 is 1.73. The average Bonchev–Trinajstić information content (AvgIpc) is 3.22. The number of thiazole rings is 1. The van der Waals surface area contributed by atoms with Crippen molar-refractivity contribution in [1.82, 2.24) is 19.4 Å². The van der Waals surface area contributed by atoms with E-state index in [9.17, 15) is 4.79 Å². The number of amides is 1. The predicted molar refractivity (Wildman–Crippen MR) is 89.7 cm³/mol. The third-order valence-electron chi connectivity index (χ3n) is 4.79. The van der Waals surface area contributed by atoms with Gasteiger partial charge >= 0.3 is 0 Å². The van der Waals surface area contributed by atoms with E-state index >= 15 is 0 Å². The SMILES string of the molecule is Cc1cnc(N2CCN(C(=O)C3CCn4cncc4C3)CC2)s1. The fraction of sp³-hybridized carbons (Fsp3) is 0.562. The second-order valence-corrected chi connectivity index (χ2v) is 7.55. The van der Waals surface area contributed by atoms with Gasteiger partial charge in [-0.15, -0.1) is 11.3 Å². The summed E-state index contributed by atoms with van der Waals surface area (Å²) < 4.78 is 2.16. The van der Waals surface area contributed by atoms with Crippen LogP contribution in [0.3, 0.4) is 0 Å². The minimum atomic E-state index is 0.118. The van der Waals surface area contributed by atoms with Crippen LogP contribution in [0.15, 0.2) is 18.7 Å². The van der Waals surface area contributed by atoms with Gasteiger partial charge in [-0.2, -0.15) is 0 Å². The van der Waals surface area contributed by atoms with Gasteiger partial charge in [0.1, 0.15) is 0 Å². The second-order valence-electron chi connectivity index (χ2n) is 6.33. The Bertz CT molecular complexity index is 701. The molecule has 0 saturated carbocycles. The van der Waals surface area contributed by atoms with Crippen molar-refractivity contribution >= 4 is 22.4 Å². The number of nitrogens with zero attached hydrogens (tertiary/aromatic N) is 5. The quantitative estimate of drug-likeness (QED) is 0.838. The molecule has 2 aliphatic heterocycles. The number of fused-ring (bicyclic) bond motifs is 1. The Hall–Kier alpha value is -1.89. The Balaban J connectivity index is 1.36. The molecular formula is C16H21N5OS. The molecule has 0 radical (unpaired) electrons. The van der Waals surface area contributed by atoms with E-state index in [1.54, 1.807) is 11.3 Å². The Morgan fingerprint density at radius 2 is 2.04 bits per heavy atom. The van der Waals surface area contributed by atoms with Crippen molar-refractivity contribution in [2.24, 2.45) is 5.92 Å². The molecule has 1 unspecified atom stereocenters. The monoisotopic (exact) mass is 331 g/mol. The molecule has 0 aromatic carbocycles. The highest BCUT2D eigenvalue weighted by Gasteiger charge is 2.30. The number of aromatic nitrogens is 3. The molecule has 1 saturated heterocycles. The summed E-state index contributed by atoms with van der Waals surface area (Å²) in [5.74, 6) is 0.431. The van der Waals surface area contributed by atoms with Gasteiger partial charge in [0, 0.05) is 68.0 Å². The molecule has 0 spiro atoms. The normalized spacial score (nSPS) is 21.3. The first-order chi connectivity index (χ1) is 11.2. The minimum Gasteiger partial charge on any atom is -0.345 e. The van der Waals surface area contributed by atoms with Crippen molar-refractivity contribution in [2.75, 3.05) is 31.1 Å². The molecule has 122 valence electrons. The van der Waals surface area contributed by atoms with Crippen LogP contribution >= 0.6 is 11.3 Å². The highest BCUT2D eigenvalue weighted by Crippen LogP contribution is 2.25. The van der Waals surface area contributed by atoms with Gasteiger partial charge < -0.3 is 14.4 Å². The van der Waals surface area contributed by atoms with Gasteiger partial charge in [0.2, 0.25) is 5.91 Å². The fourth-order valence-corrected chi connectivity index (χ4v) is 4.26. The van der Waals surface area contributed by atoms with Crippen LogP contribution in [0.5, 0.6) is 0 Å². The first-order valence-electron chi connectivity index (χ1n) is 8.16. The summed E-state index contributed by atoms with van der Waals surface area (Å²) in [6.45, 7) is 6.34. The number of imidazole rings is 1. The van der Waals surface area contributed by atoms with Gasteiger partial charge in [0.25, 0.3) is 0 Å². The molecule has 0 aliphatic carbocycles. The van der Waals surface area contributed by atoms with Gasteiger partial charge in [0.05, 0.1) is 6.33 Å². The summed E-state index contributed by atoms with van der Waals surface area (Å²) in [5, 5.41) is 1.08. The molecule has 4 heterocycles. The zero-order valence-corrected chi connectivity index (χ0v) is 14.1. The summed E-state index contributed by atoms with van der Waals surface area (Å²) in [5.41, 5.74) is 1.19. The maximum Gasteiger partial charge on any atom is 0.226 e. The highest BCUT2D eigenvalue weighted by atomic mass is 32.1. The summed E-state index contributed by atoms with van der Waals surface area (Å²) in [7, 11) is 0. The lowest BCUT2D eigenvalue weighted by molar-refractivity contribution is -0.136. The minimum absolute atomic E-state index is 0.118. The van der Waals surface area contributed by atoms with E-state index in [0.29, 0.717) is 5.91 Å². The summed E-state index contributed by atoms with van der Waals surface area (Å²) in [4.78, 5) is 27.0. The van der Waals surface area contributed by atoms with E-state index in [0.717, 1.165) is 50.7 Å². The third-order valence-corrected chi connectivity index (χ3v) is 5.77. The van der Waals surface area contributed by atoms with Gasteiger partial charge in [-0.05, 0) is 13.3 Å². The predicted octanol–water partition coefficient (Wildman–Crippen LogP) is 1.56. The van der Waals surface area contributed by atoms with E-state index < -0.39 is 0 Å². The number of hydrogen-bond acceptors (Lipinski definition) is 5. The first-order valence-corrected chi connectivity index (χ1v) is 8.97. The maximum absolute atomic E-state index is 12.8. The molecule has 1 amide bonds. The number of carbonyl (C=O) groups is 1. The van der Waals surface area contributed by atoms with Crippen LogP contribution in [0.1, 0.15) is 17.0 Å². The van der Waals surface area contributed by atoms with Crippen molar-refractivity contribution < 1.29 is 4.79 Å². The zero-order chi connectivity index (χ0) is 15.8. The van der Waals surface area contributed by atoms with Crippen LogP contribution in [0.2, 0.25) is 0 Å². The Labute approximate surface area is 139 Å². The lowest BCUT2D eigenvalue weighted by Gasteiger charge is -2.37. The fourth-order valence-electron chi connectivity index (χ4n) is 3.45. The van der Waals surface area contributed by atoms with E-state index in [1.165, 1.54) is 10.6 Å². The zero-order valence-electron chi connectivity index (χ0n) is 13.3. The van der Waals surface area contributed by atoms with Crippen LogP contribution in [0.4, 0.5) is 5.13 Å². The molecule has 2 aromatic heterocycles. The Morgan fingerprint density at radius 3 is 2.78 bits per heavy atom. The van der Waals surface area contributed by atoms with Crippen LogP contribution in [-0.4, -0.2) is 51.5 Å². The number of carbonyl (C=O) groups excluding carboxylic acids is 1. The van der Waals surface area contributed by atoms with Crippen LogP contribution in [0, 0.1) is 12.8 Å². The van der Waals surface area contributed by atoms with E-state index in [2.05, 4.69) is 26.4 Å². The molecular weight excluding hydrogens is 310 g/mol. The van der Waals surface area contributed by atoms with Gasteiger partial charge in [-0.1, -0.05) is 0 Å². The van der Waals surface area contributed by atoms with Crippen molar-refractivity contribution in [1.29, 1.82) is 0 Å². The molecule has 7 heteroatoms. The highest BCUT2D eigenvalue weighted by molar-refractivity contribution is 7.15. The molecule has 2 aromatic rings. The standard InChI is InChI=1S/C16H21N5OS/c1-12-9-18-16(23-12)20-6-4-19(5-7-20)15(22)13-2-3-21-11-17-10-14(21)8-13/h9-11,13H,2-8H2,1H3. The summed E-state index contributed by atoms with van der Waals surface area (Å²) in [6, 6.07) is 0. The van der Waals surface area contributed by atoms with Crippen molar-refractivity contribution in [3.63, 3.8) is 0 Å². The largest absolute Gasteiger partial charge is 0.345 e. The molecule has 4 rings (SSSR count). The lowest BCUT2D eigenvalue weighted by atomic mass is 9.94. The lowest BCUT2D eigenvalue weighted by Crippen LogP contribution is -2.51. The molecule has 1 atom stereocenters. The first kappa shape index (κ1) is 14.7. The van der Waals surface area contributed by atoms with Gasteiger partial charge in [-0.3, -0.25) is 4.79 Å². The second kappa shape index (κ2) is 5.96. The van der Waals surface area contributed by atoms with E-state index in [4.69, 9.17) is 0 Å². The summed E-state index contributed by atoms with van der Waals surface area (Å²) in [6.07, 6.45) is 7.43. The Kier molecular flexibility index (Phi) is 3.80. The van der Waals surface area contributed by atoms with Crippen LogP contribution in [-0.2, 0) is 17.8 Å². The molecule has 2 aliphatic rings. The number of aryl methyl sites for hydroxylation is 2. The van der Waals surface area contributed by atoms with Crippen LogP contribution in [0.25, 0.3) is 0 Å². The van der Waals surface area contributed by atoms with E-state index in [-0.39, 0.29) is 5.92 Å². The smallest absolute Gasteiger partial charge is 0.226 e. The third kappa shape index (κ3) is 2.85. The number of piperazine rings is 1. The maximum atomic E-state index is 12.8. The molecule has 6 nitrogen and oxygen atoms in total. The van der Waals surface area contributed by atoms with Crippen LogP contribution < -0.4 is 4.90 Å². The molecule has 0 N–H and O–H groups in total. The molecule has 23 heavy (non-hydrogen) atoms. The van der Waals surface area contributed by atoms with Gasteiger partial charge in [-0.25, -0.2) is 9.97 Å². The van der Waals surface area contributed by atoms with Gasteiger partial charge in [0.15, 0.2) is 5.13 Å². The number of hydrogen-bond donors (Lipinski definition) is 0. The van der Waals surface area contributed by atoms with Crippen molar-refractivity contribution in [3.05, 3.63) is 29.3 Å². The number of rotatable bonds is 2.